The highest BCUT2D eigenvalue weighted by Crippen LogP contribution is 2.23. The van der Waals surface area contributed by atoms with E-state index in [2.05, 4.69) is 19.9 Å². The van der Waals surface area contributed by atoms with Crippen LogP contribution in [-0.4, -0.2) is 6.54 Å². The van der Waals surface area contributed by atoms with Crippen LogP contribution in [0.4, 0.5) is 5.69 Å². The van der Waals surface area contributed by atoms with Crippen molar-refractivity contribution in [1.82, 2.24) is 0 Å². The zero-order valence-electron chi connectivity index (χ0n) is 8.83. The molecule has 0 heterocycles. The maximum absolute atomic E-state index is 5.86. The van der Waals surface area contributed by atoms with Gasteiger partial charge in [0, 0.05) is 18.3 Å². The van der Waals surface area contributed by atoms with E-state index in [9.17, 15) is 0 Å². The predicted octanol–water partition coefficient (Wildman–Crippen LogP) is 1.35. The van der Waals surface area contributed by atoms with Crippen LogP contribution < -0.4 is 17.2 Å². The third-order valence-corrected chi connectivity index (χ3v) is 2.43. The first-order chi connectivity index (χ1) is 6.56. The van der Waals surface area contributed by atoms with Crippen LogP contribution in [0.15, 0.2) is 18.2 Å². The molecule has 0 aliphatic rings. The smallest absolute Gasteiger partial charge is 0.0440 e. The van der Waals surface area contributed by atoms with Crippen molar-refractivity contribution in [3.63, 3.8) is 0 Å². The average Bonchev–Trinajstić information content (AvgIpc) is 2.17. The zero-order valence-corrected chi connectivity index (χ0v) is 8.83. The summed E-state index contributed by atoms with van der Waals surface area (Å²) in [5.41, 5.74) is 20.1. The van der Waals surface area contributed by atoms with Crippen molar-refractivity contribution in [3.8, 4) is 0 Å². The van der Waals surface area contributed by atoms with E-state index >= 15 is 0 Å². The maximum atomic E-state index is 5.86. The van der Waals surface area contributed by atoms with Gasteiger partial charge in [-0.3, -0.25) is 0 Å². The van der Waals surface area contributed by atoms with Crippen LogP contribution >= 0.6 is 0 Å². The van der Waals surface area contributed by atoms with Gasteiger partial charge in [0.05, 0.1) is 0 Å². The molecule has 1 atom stereocenters. The van der Waals surface area contributed by atoms with E-state index in [-0.39, 0.29) is 6.04 Å². The van der Waals surface area contributed by atoms with Crippen molar-refractivity contribution in [1.29, 1.82) is 0 Å². The van der Waals surface area contributed by atoms with E-state index in [1.165, 1.54) is 5.56 Å². The molecule has 6 N–H and O–H groups in total. The van der Waals surface area contributed by atoms with Gasteiger partial charge in [-0.2, -0.15) is 0 Å². The summed E-state index contributed by atoms with van der Waals surface area (Å²) in [5, 5.41) is 0. The van der Waals surface area contributed by atoms with Crippen molar-refractivity contribution in [2.75, 3.05) is 12.3 Å². The van der Waals surface area contributed by atoms with Gasteiger partial charge < -0.3 is 17.2 Å². The molecule has 0 aliphatic carbocycles. The van der Waals surface area contributed by atoms with E-state index in [1.807, 2.05) is 12.1 Å². The normalized spacial score (nSPS) is 13.2. The maximum Gasteiger partial charge on any atom is 0.0440 e. The molecule has 3 nitrogen and oxygen atoms in total. The Morgan fingerprint density at radius 2 is 1.93 bits per heavy atom. The highest BCUT2D eigenvalue weighted by molar-refractivity contribution is 5.50. The Balaban J connectivity index is 3.08. The fraction of sp³-hybridized carbons (Fsp3) is 0.455. The number of benzene rings is 1. The minimum absolute atomic E-state index is 0.159. The van der Waals surface area contributed by atoms with Gasteiger partial charge in [-0.1, -0.05) is 26.0 Å². The molecular weight excluding hydrogens is 174 g/mol. The first kappa shape index (κ1) is 11.0. The third-order valence-electron chi connectivity index (χ3n) is 2.43. The van der Waals surface area contributed by atoms with E-state index in [1.54, 1.807) is 0 Å². The van der Waals surface area contributed by atoms with Crippen molar-refractivity contribution in [2.45, 2.75) is 25.8 Å². The summed E-state index contributed by atoms with van der Waals surface area (Å²) in [7, 11) is 0. The minimum atomic E-state index is -0.159. The summed E-state index contributed by atoms with van der Waals surface area (Å²) in [4.78, 5) is 0. The first-order valence-corrected chi connectivity index (χ1v) is 4.91. The largest absolute Gasteiger partial charge is 0.398 e. The lowest BCUT2D eigenvalue weighted by Crippen LogP contribution is -2.22. The van der Waals surface area contributed by atoms with Crippen LogP contribution in [0.2, 0.25) is 0 Å². The molecular formula is C11H19N3. The number of nitrogen functional groups attached to an aromatic ring is 1. The SMILES string of the molecule is CC(C)c1ccc(N)c([C@@H](N)CN)c1. The van der Waals surface area contributed by atoms with E-state index in [4.69, 9.17) is 17.2 Å². The van der Waals surface area contributed by atoms with Crippen molar-refractivity contribution < 1.29 is 0 Å². The summed E-state index contributed by atoms with van der Waals surface area (Å²) in [6.45, 7) is 4.71. The Bertz CT molecular complexity index is 307. The molecule has 0 radical (unpaired) electrons. The molecule has 14 heavy (non-hydrogen) atoms. The molecule has 1 rings (SSSR count). The fourth-order valence-corrected chi connectivity index (χ4v) is 1.40. The lowest BCUT2D eigenvalue weighted by molar-refractivity contribution is 0.735. The standard InChI is InChI=1S/C11H19N3/c1-7(2)8-3-4-10(13)9(5-8)11(14)6-12/h3-5,7,11H,6,12-14H2,1-2H3/t11-/m0/s1. The molecule has 0 saturated heterocycles. The van der Waals surface area contributed by atoms with Crippen molar-refractivity contribution in [2.24, 2.45) is 11.5 Å². The highest BCUT2D eigenvalue weighted by atomic mass is 14.7. The molecule has 78 valence electrons. The summed E-state index contributed by atoms with van der Waals surface area (Å²) in [5.74, 6) is 0.485. The van der Waals surface area contributed by atoms with Crippen molar-refractivity contribution >= 4 is 5.69 Å². The van der Waals surface area contributed by atoms with Crippen LogP contribution in [0.5, 0.6) is 0 Å². The topological polar surface area (TPSA) is 78.1 Å². The van der Waals surface area contributed by atoms with Crippen LogP contribution in [-0.2, 0) is 0 Å². The molecule has 3 heteroatoms. The Morgan fingerprint density at radius 1 is 1.29 bits per heavy atom. The van der Waals surface area contributed by atoms with Gasteiger partial charge in [-0.25, -0.2) is 0 Å². The van der Waals surface area contributed by atoms with E-state index in [0.717, 1.165) is 11.3 Å². The number of hydrogen-bond donors (Lipinski definition) is 3. The minimum Gasteiger partial charge on any atom is -0.398 e. The van der Waals surface area contributed by atoms with Gasteiger partial charge in [0.2, 0.25) is 0 Å². The zero-order chi connectivity index (χ0) is 10.7. The van der Waals surface area contributed by atoms with Crippen LogP contribution in [0.25, 0.3) is 0 Å². The number of anilines is 1. The Hall–Kier alpha value is -1.06. The number of rotatable bonds is 3. The second kappa shape index (κ2) is 4.44. The summed E-state index contributed by atoms with van der Waals surface area (Å²) < 4.78 is 0. The van der Waals surface area contributed by atoms with Gasteiger partial charge in [0.25, 0.3) is 0 Å². The van der Waals surface area contributed by atoms with Crippen LogP contribution in [0.1, 0.15) is 36.9 Å². The van der Waals surface area contributed by atoms with E-state index < -0.39 is 0 Å². The Morgan fingerprint density at radius 3 is 2.43 bits per heavy atom. The Labute approximate surface area is 85.3 Å². The Kier molecular flexibility index (Phi) is 3.49. The monoisotopic (exact) mass is 193 g/mol. The molecule has 0 unspecified atom stereocenters. The lowest BCUT2D eigenvalue weighted by atomic mass is 9.96. The molecule has 1 aromatic rings. The van der Waals surface area contributed by atoms with Gasteiger partial charge in [-0.15, -0.1) is 0 Å². The molecule has 1 aromatic carbocycles. The van der Waals surface area contributed by atoms with Gasteiger partial charge in [0.15, 0.2) is 0 Å². The highest BCUT2D eigenvalue weighted by Gasteiger charge is 2.09. The molecule has 0 amide bonds. The average molecular weight is 193 g/mol. The summed E-state index contributed by atoms with van der Waals surface area (Å²) >= 11 is 0. The fourth-order valence-electron chi connectivity index (χ4n) is 1.40. The second-order valence-electron chi connectivity index (χ2n) is 3.89. The molecule has 0 spiro atoms. The summed E-state index contributed by atoms with van der Waals surface area (Å²) in [6.07, 6.45) is 0. The summed E-state index contributed by atoms with van der Waals surface area (Å²) in [6, 6.07) is 5.83. The van der Waals surface area contributed by atoms with Crippen LogP contribution in [0, 0.1) is 0 Å². The van der Waals surface area contributed by atoms with Gasteiger partial charge in [0.1, 0.15) is 0 Å². The van der Waals surface area contributed by atoms with Crippen molar-refractivity contribution in [3.05, 3.63) is 29.3 Å². The predicted molar refractivity (Wildman–Crippen MR) is 60.9 cm³/mol. The van der Waals surface area contributed by atoms with Crippen LogP contribution in [0.3, 0.4) is 0 Å². The molecule has 0 aliphatic heterocycles. The molecule has 0 saturated carbocycles. The van der Waals surface area contributed by atoms with E-state index in [0.29, 0.717) is 12.5 Å². The molecule has 0 bridgehead atoms. The lowest BCUT2D eigenvalue weighted by Gasteiger charge is -2.15. The second-order valence-corrected chi connectivity index (χ2v) is 3.89. The van der Waals surface area contributed by atoms with Gasteiger partial charge in [-0.05, 0) is 23.1 Å². The first-order valence-electron chi connectivity index (χ1n) is 4.91. The molecule has 0 fully saturated rings. The number of hydrogen-bond acceptors (Lipinski definition) is 3. The van der Waals surface area contributed by atoms with Gasteiger partial charge >= 0.3 is 0 Å². The number of nitrogens with two attached hydrogens (primary N) is 3. The third kappa shape index (κ3) is 2.25. The molecule has 0 aromatic heterocycles. The quantitative estimate of drug-likeness (QED) is 0.634.